The van der Waals surface area contributed by atoms with Crippen molar-refractivity contribution in [2.24, 2.45) is 5.92 Å². The maximum atomic E-state index is 13.2. The lowest BCUT2D eigenvalue weighted by molar-refractivity contribution is -0.0502. The second-order valence-electron chi connectivity index (χ2n) is 8.77. The Morgan fingerprint density at radius 1 is 1.27 bits per heavy atom. The molecule has 0 aliphatic heterocycles. The van der Waals surface area contributed by atoms with Crippen LogP contribution in [0, 0.1) is 5.92 Å². The summed E-state index contributed by atoms with van der Waals surface area (Å²) < 4.78 is 38.2. The monoisotopic (exact) mass is 459 g/mol. The van der Waals surface area contributed by atoms with Gasteiger partial charge >= 0.3 is 6.61 Å². The topological polar surface area (TPSA) is 85.1 Å². The van der Waals surface area contributed by atoms with Gasteiger partial charge in [-0.15, -0.1) is 0 Å². The minimum absolute atomic E-state index is 0.0120. The third-order valence-electron chi connectivity index (χ3n) is 6.16. The van der Waals surface area contributed by atoms with Gasteiger partial charge < -0.3 is 19.9 Å². The number of nitrogens with one attached hydrogen (secondary N) is 1. The van der Waals surface area contributed by atoms with Gasteiger partial charge in [0.25, 0.3) is 5.91 Å². The molecule has 0 bridgehead atoms. The summed E-state index contributed by atoms with van der Waals surface area (Å²) in [4.78, 5) is 17.1. The van der Waals surface area contributed by atoms with Gasteiger partial charge in [0.05, 0.1) is 24.6 Å². The molecule has 1 unspecified atom stereocenters. The molecule has 33 heavy (non-hydrogen) atoms. The van der Waals surface area contributed by atoms with E-state index in [1.165, 1.54) is 13.2 Å². The smallest absolute Gasteiger partial charge is 0.387 e. The Labute approximate surface area is 190 Å². The van der Waals surface area contributed by atoms with Gasteiger partial charge in [-0.2, -0.15) is 8.78 Å². The molecule has 1 saturated carbocycles. The van der Waals surface area contributed by atoms with Crippen molar-refractivity contribution in [1.29, 1.82) is 0 Å². The average Bonchev–Trinajstić information content (AvgIpc) is 3.47. The van der Waals surface area contributed by atoms with Crippen LogP contribution in [0.2, 0.25) is 0 Å². The summed E-state index contributed by atoms with van der Waals surface area (Å²) in [6, 6.07) is 6.61. The Morgan fingerprint density at radius 3 is 2.58 bits per heavy atom. The van der Waals surface area contributed by atoms with Crippen LogP contribution in [0.4, 0.5) is 8.78 Å². The number of rotatable bonds is 8. The molecule has 1 aliphatic rings. The van der Waals surface area contributed by atoms with Gasteiger partial charge in [0.15, 0.2) is 0 Å². The summed E-state index contributed by atoms with van der Waals surface area (Å²) in [5.41, 5.74) is 1.26. The summed E-state index contributed by atoms with van der Waals surface area (Å²) in [5.74, 6) is -0.681. The van der Waals surface area contributed by atoms with Crippen LogP contribution in [0.15, 0.2) is 36.7 Å². The number of hydrogen-bond donors (Lipinski definition) is 2. The molecule has 2 heterocycles. The molecule has 4 rings (SSSR count). The van der Waals surface area contributed by atoms with Crippen LogP contribution >= 0.6 is 0 Å². The highest BCUT2D eigenvalue weighted by molar-refractivity contribution is 6.01. The van der Waals surface area contributed by atoms with E-state index in [0.29, 0.717) is 22.5 Å². The molecule has 0 radical (unpaired) electrons. The van der Waals surface area contributed by atoms with E-state index in [1.807, 2.05) is 13.8 Å². The zero-order valence-electron chi connectivity index (χ0n) is 18.9. The molecule has 0 saturated heterocycles. The summed E-state index contributed by atoms with van der Waals surface area (Å²) in [6.45, 7) is 2.50. The number of pyridine rings is 1. The number of aliphatic hydroxyl groups is 1. The standard InChI is InChI=1S/C24H27F2N3O4/c1-13(2)24(3,31)15-7-8-29-17(12-27-20(29)11-15)14-9-18(32-4)21(19(10-14)33-23(25)26)22(30)28-16-5-6-16/h7-13,16,23,31H,5-6H2,1-4H3,(H,28,30). The Hall–Kier alpha value is -3.20. The minimum Gasteiger partial charge on any atom is -0.496 e. The van der Waals surface area contributed by atoms with Gasteiger partial charge in [-0.25, -0.2) is 4.98 Å². The number of alkyl halides is 2. The van der Waals surface area contributed by atoms with E-state index in [9.17, 15) is 18.7 Å². The van der Waals surface area contributed by atoms with Crippen molar-refractivity contribution in [3.8, 4) is 22.8 Å². The van der Waals surface area contributed by atoms with Crippen LogP contribution in [0.25, 0.3) is 16.9 Å². The van der Waals surface area contributed by atoms with Gasteiger partial charge in [-0.3, -0.25) is 9.20 Å². The number of nitrogens with zero attached hydrogens (tertiary/aromatic N) is 2. The fraction of sp³-hybridized carbons (Fsp3) is 0.417. The van der Waals surface area contributed by atoms with E-state index in [2.05, 4.69) is 10.3 Å². The van der Waals surface area contributed by atoms with E-state index < -0.39 is 18.1 Å². The number of halogens is 2. The molecule has 2 N–H and O–H groups in total. The first-order valence-corrected chi connectivity index (χ1v) is 10.8. The third-order valence-corrected chi connectivity index (χ3v) is 6.16. The van der Waals surface area contributed by atoms with E-state index in [-0.39, 0.29) is 29.0 Å². The first kappa shape index (κ1) is 23.0. The molecule has 1 atom stereocenters. The zero-order valence-corrected chi connectivity index (χ0v) is 18.9. The number of ether oxygens (including phenoxy) is 2. The molecular weight excluding hydrogens is 432 g/mol. The van der Waals surface area contributed by atoms with E-state index >= 15 is 0 Å². The lowest BCUT2D eigenvalue weighted by Gasteiger charge is -2.28. The summed E-state index contributed by atoms with van der Waals surface area (Å²) in [7, 11) is 1.37. The molecule has 0 spiro atoms. The normalized spacial score (nSPS) is 15.7. The molecule has 9 heteroatoms. The lowest BCUT2D eigenvalue weighted by atomic mass is 9.86. The molecule has 7 nitrogen and oxygen atoms in total. The second-order valence-corrected chi connectivity index (χ2v) is 8.77. The van der Waals surface area contributed by atoms with Crippen LogP contribution in [0.3, 0.4) is 0 Å². The SMILES string of the molecule is COc1cc(-c2cnc3cc(C(C)(O)C(C)C)ccn23)cc(OC(F)F)c1C(=O)NC1CC1. The predicted molar refractivity (Wildman–Crippen MR) is 119 cm³/mol. The molecule has 1 aliphatic carbocycles. The van der Waals surface area contributed by atoms with Crippen LogP contribution in [0.5, 0.6) is 11.5 Å². The van der Waals surface area contributed by atoms with E-state index in [4.69, 9.17) is 9.47 Å². The lowest BCUT2D eigenvalue weighted by Crippen LogP contribution is -2.28. The largest absolute Gasteiger partial charge is 0.496 e. The molecular formula is C24H27F2N3O4. The maximum absolute atomic E-state index is 13.2. The van der Waals surface area contributed by atoms with Crippen molar-refractivity contribution in [3.05, 3.63) is 47.8 Å². The summed E-state index contributed by atoms with van der Waals surface area (Å²) in [6.07, 6.45) is 5.06. The first-order chi connectivity index (χ1) is 15.6. The van der Waals surface area contributed by atoms with Crippen molar-refractivity contribution >= 4 is 11.6 Å². The van der Waals surface area contributed by atoms with E-state index in [1.54, 1.807) is 41.9 Å². The maximum Gasteiger partial charge on any atom is 0.387 e. The van der Waals surface area contributed by atoms with Crippen molar-refractivity contribution in [2.45, 2.75) is 51.9 Å². The average molecular weight is 459 g/mol. The zero-order chi connectivity index (χ0) is 23.9. The fourth-order valence-electron chi connectivity index (χ4n) is 3.64. The van der Waals surface area contributed by atoms with Gasteiger partial charge in [-0.1, -0.05) is 13.8 Å². The van der Waals surface area contributed by atoms with Gasteiger partial charge in [-0.05, 0) is 55.5 Å². The Balaban J connectivity index is 1.80. The van der Waals surface area contributed by atoms with E-state index in [0.717, 1.165) is 12.8 Å². The van der Waals surface area contributed by atoms with Crippen molar-refractivity contribution in [3.63, 3.8) is 0 Å². The van der Waals surface area contributed by atoms with Crippen LogP contribution in [-0.4, -0.2) is 40.2 Å². The number of fused-ring (bicyclic) bond motifs is 1. The van der Waals surface area contributed by atoms with Gasteiger partial charge in [0.1, 0.15) is 22.7 Å². The van der Waals surface area contributed by atoms with Crippen molar-refractivity contribution < 1.29 is 28.2 Å². The summed E-state index contributed by atoms with van der Waals surface area (Å²) in [5, 5.41) is 13.6. The summed E-state index contributed by atoms with van der Waals surface area (Å²) >= 11 is 0. The Morgan fingerprint density at radius 2 is 1.97 bits per heavy atom. The number of hydrogen-bond acceptors (Lipinski definition) is 5. The van der Waals surface area contributed by atoms with Crippen molar-refractivity contribution in [2.75, 3.05) is 7.11 Å². The molecule has 1 aromatic carbocycles. The molecule has 3 aromatic rings. The minimum atomic E-state index is -3.11. The van der Waals surface area contributed by atoms with Crippen molar-refractivity contribution in [1.82, 2.24) is 14.7 Å². The Kier molecular flexibility index (Phi) is 6.00. The molecule has 176 valence electrons. The highest BCUT2D eigenvalue weighted by atomic mass is 19.3. The molecule has 1 amide bonds. The number of imidazole rings is 1. The Bertz CT molecular complexity index is 1190. The number of carbonyl (C=O) groups is 1. The van der Waals surface area contributed by atoms with Crippen LogP contribution < -0.4 is 14.8 Å². The third kappa shape index (κ3) is 4.50. The number of amides is 1. The highest BCUT2D eigenvalue weighted by Crippen LogP contribution is 2.37. The first-order valence-electron chi connectivity index (χ1n) is 10.8. The van der Waals surface area contributed by atoms with Gasteiger partial charge in [0, 0.05) is 17.8 Å². The predicted octanol–water partition coefficient (Wildman–Crippen LogP) is 4.37. The second kappa shape index (κ2) is 8.62. The van der Waals surface area contributed by atoms with Gasteiger partial charge in [0.2, 0.25) is 0 Å². The number of methoxy groups -OCH3 is 1. The number of benzene rings is 1. The number of carbonyl (C=O) groups excluding carboxylic acids is 1. The quantitative estimate of drug-likeness (QED) is 0.523. The molecule has 1 fully saturated rings. The molecule has 2 aromatic heterocycles. The fourth-order valence-corrected chi connectivity index (χ4v) is 3.64. The number of aromatic nitrogens is 2. The van der Waals surface area contributed by atoms with Crippen LogP contribution in [-0.2, 0) is 5.60 Å². The highest BCUT2D eigenvalue weighted by Gasteiger charge is 2.30. The van der Waals surface area contributed by atoms with Crippen LogP contribution in [0.1, 0.15) is 49.5 Å².